The first-order valence-corrected chi connectivity index (χ1v) is 5.13. The van der Waals surface area contributed by atoms with Gasteiger partial charge < -0.3 is 15.9 Å². The standard InChI is InChI=1S/C10H11BrN2O2/c11-6-1-2-7(8(13)5-6)10(15)9(14)3-4-12/h1-2,5,9-10,14-15H,3,13H2. The average molecular weight is 271 g/mol. The van der Waals surface area contributed by atoms with E-state index in [9.17, 15) is 10.2 Å². The quantitative estimate of drug-likeness (QED) is 0.723. The SMILES string of the molecule is N#CCC(O)C(O)c1ccc(Br)cc1N. The predicted octanol–water partition coefficient (Wildman–Crippen LogP) is 1.34. The Morgan fingerprint density at radius 1 is 1.47 bits per heavy atom. The zero-order valence-corrected chi connectivity index (χ0v) is 9.48. The molecule has 0 fully saturated rings. The minimum atomic E-state index is -1.13. The molecule has 0 saturated carbocycles. The van der Waals surface area contributed by atoms with E-state index in [0.717, 1.165) is 4.47 Å². The highest BCUT2D eigenvalue weighted by molar-refractivity contribution is 9.10. The number of nitrogen functional groups attached to an aromatic ring is 1. The Balaban J connectivity index is 2.91. The average Bonchev–Trinajstić information content (AvgIpc) is 2.17. The van der Waals surface area contributed by atoms with Crippen molar-refractivity contribution < 1.29 is 10.2 Å². The van der Waals surface area contributed by atoms with Gasteiger partial charge in [0.25, 0.3) is 0 Å². The normalized spacial score (nSPS) is 14.3. The van der Waals surface area contributed by atoms with Crippen molar-refractivity contribution in [2.75, 3.05) is 5.73 Å². The summed E-state index contributed by atoms with van der Waals surface area (Å²) in [5, 5.41) is 27.5. The number of anilines is 1. The van der Waals surface area contributed by atoms with Gasteiger partial charge in [0.2, 0.25) is 0 Å². The minimum Gasteiger partial charge on any atom is -0.398 e. The van der Waals surface area contributed by atoms with Crippen molar-refractivity contribution in [2.24, 2.45) is 0 Å². The van der Waals surface area contributed by atoms with Gasteiger partial charge in [-0.3, -0.25) is 0 Å². The van der Waals surface area contributed by atoms with Crippen LogP contribution in [-0.2, 0) is 0 Å². The molecular formula is C10H11BrN2O2. The van der Waals surface area contributed by atoms with Gasteiger partial charge in [0.15, 0.2) is 0 Å². The summed E-state index contributed by atoms with van der Waals surface area (Å²) in [4.78, 5) is 0. The molecule has 4 nitrogen and oxygen atoms in total. The zero-order chi connectivity index (χ0) is 11.4. The van der Waals surface area contributed by atoms with E-state index < -0.39 is 12.2 Å². The lowest BCUT2D eigenvalue weighted by Gasteiger charge is -2.17. The van der Waals surface area contributed by atoms with E-state index in [1.165, 1.54) is 0 Å². The largest absolute Gasteiger partial charge is 0.398 e. The van der Waals surface area contributed by atoms with Crippen LogP contribution in [0.4, 0.5) is 5.69 Å². The molecule has 0 aliphatic heterocycles. The molecule has 4 N–H and O–H groups in total. The van der Waals surface area contributed by atoms with E-state index in [-0.39, 0.29) is 6.42 Å². The van der Waals surface area contributed by atoms with E-state index in [0.29, 0.717) is 11.3 Å². The molecule has 0 aliphatic rings. The molecule has 1 rings (SSSR count). The van der Waals surface area contributed by atoms with Gasteiger partial charge in [-0.15, -0.1) is 0 Å². The lowest BCUT2D eigenvalue weighted by atomic mass is 10.0. The Morgan fingerprint density at radius 3 is 2.67 bits per heavy atom. The Labute approximate surface area is 96.1 Å². The van der Waals surface area contributed by atoms with Crippen LogP contribution < -0.4 is 5.73 Å². The van der Waals surface area contributed by atoms with Gasteiger partial charge >= 0.3 is 0 Å². The number of halogens is 1. The second-order valence-electron chi connectivity index (χ2n) is 3.15. The summed E-state index contributed by atoms with van der Waals surface area (Å²) < 4.78 is 0.797. The van der Waals surface area contributed by atoms with Crippen molar-refractivity contribution in [3.63, 3.8) is 0 Å². The molecule has 2 unspecified atom stereocenters. The van der Waals surface area contributed by atoms with E-state index in [1.54, 1.807) is 24.3 Å². The zero-order valence-electron chi connectivity index (χ0n) is 7.89. The van der Waals surface area contributed by atoms with E-state index in [2.05, 4.69) is 15.9 Å². The summed E-state index contributed by atoms with van der Waals surface area (Å²) in [6.07, 6.45) is -2.37. The first-order chi connectivity index (χ1) is 7.06. The number of aliphatic hydroxyl groups is 2. The van der Waals surface area contributed by atoms with Crippen molar-refractivity contribution in [1.82, 2.24) is 0 Å². The number of hydrogen-bond donors (Lipinski definition) is 3. The van der Waals surface area contributed by atoms with Crippen LogP contribution in [0.1, 0.15) is 18.1 Å². The molecule has 0 amide bonds. The van der Waals surface area contributed by atoms with E-state index >= 15 is 0 Å². The Bertz CT molecular complexity index is 389. The van der Waals surface area contributed by atoms with Gasteiger partial charge in [0.1, 0.15) is 6.10 Å². The van der Waals surface area contributed by atoms with Crippen molar-refractivity contribution in [1.29, 1.82) is 5.26 Å². The molecule has 0 saturated heterocycles. The molecule has 2 atom stereocenters. The predicted molar refractivity (Wildman–Crippen MR) is 59.8 cm³/mol. The van der Waals surface area contributed by atoms with Crippen molar-refractivity contribution in [2.45, 2.75) is 18.6 Å². The molecular weight excluding hydrogens is 260 g/mol. The molecule has 0 aliphatic carbocycles. The highest BCUT2D eigenvalue weighted by Crippen LogP contribution is 2.27. The third-order valence-electron chi connectivity index (χ3n) is 2.03. The molecule has 0 bridgehead atoms. The Hall–Kier alpha value is -1.09. The topological polar surface area (TPSA) is 90.3 Å². The fourth-order valence-corrected chi connectivity index (χ4v) is 1.61. The number of aliphatic hydroxyl groups excluding tert-OH is 2. The van der Waals surface area contributed by atoms with Crippen LogP contribution in [0, 0.1) is 11.3 Å². The fraction of sp³-hybridized carbons (Fsp3) is 0.300. The molecule has 80 valence electrons. The van der Waals surface area contributed by atoms with Crippen LogP contribution in [-0.4, -0.2) is 16.3 Å². The molecule has 1 aromatic carbocycles. The lowest BCUT2D eigenvalue weighted by molar-refractivity contribution is 0.0221. The second kappa shape index (κ2) is 5.12. The minimum absolute atomic E-state index is 0.128. The summed E-state index contributed by atoms with van der Waals surface area (Å²) in [6, 6.07) is 6.76. The Kier molecular flexibility index (Phi) is 4.09. The van der Waals surface area contributed by atoms with Crippen LogP contribution in [0.3, 0.4) is 0 Å². The molecule has 0 heterocycles. The van der Waals surface area contributed by atoms with Crippen LogP contribution in [0.15, 0.2) is 22.7 Å². The molecule has 0 spiro atoms. The molecule has 0 aromatic heterocycles. The van der Waals surface area contributed by atoms with Crippen molar-refractivity contribution in [3.8, 4) is 6.07 Å². The summed E-state index contributed by atoms with van der Waals surface area (Å²) in [5.41, 5.74) is 6.49. The number of nitrogens with zero attached hydrogens (tertiary/aromatic N) is 1. The number of nitriles is 1. The number of nitrogens with two attached hydrogens (primary N) is 1. The van der Waals surface area contributed by atoms with Gasteiger partial charge in [-0.1, -0.05) is 22.0 Å². The molecule has 0 radical (unpaired) electrons. The number of rotatable bonds is 3. The van der Waals surface area contributed by atoms with Gasteiger partial charge in [-0.05, 0) is 12.1 Å². The maximum Gasteiger partial charge on any atom is 0.108 e. The van der Waals surface area contributed by atoms with E-state index in [1.807, 2.05) is 0 Å². The summed E-state index contributed by atoms with van der Waals surface area (Å²) >= 11 is 3.24. The maximum atomic E-state index is 9.70. The van der Waals surface area contributed by atoms with Crippen LogP contribution in [0.25, 0.3) is 0 Å². The van der Waals surface area contributed by atoms with Crippen molar-refractivity contribution >= 4 is 21.6 Å². The van der Waals surface area contributed by atoms with Crippen LogP contribution in [0.2, 0.25) is 0 Å². The molecule has 5 heteroatoms. The third-order valence-corrected chi connectivity index (χ3v) is 2.53. The molecule has 1 aromatic rings. The Morgan fingerprint density at radius 2 is 2.13 bits per heavy atom. The van der Waals surface area contributed by atoms with Gasteiger partial charge in [-0.2, -0.15) is 5.26 Å². The second-order valence-corrected chi connectivity index (χ2v) is 4.06. The van der Waals surface area contributed by atoms with Gasteiger partial charge in [-0.25, -0.2) is 0 Å². The van der Waals surface area contributed by atoms with Crippen LogP contribution >= 0.6 is 15.9 Å². The first kappa shape index (κ1) is 12.0. The van der Waals surface area contributed by atoms with Crippen LogP contribution in [0.5, 0.6) is 0 Å². The third kappa shape index (κ3) is 2.93. The summed E-state index contributed by atoms with van der Waals surface area (Å²) in [7, 11) is 0. The highest BCUT2D eigenvalue weighted by Gasteiger charge is 2.20. The fourth-order valence-electron chi connectivity index (χ4n) is 1.23. The summed E-state index contributed by atoms with van der Waals surface area (Å²) in [6.45, 7) is 0. The first-order valence-electron chi connectivity index (χ1n) is 4.34. The monoisotopic (exact) mass is 270 g/mol. The number of benzene rings is 1. The number of hydrogen-bond acceptors (Lipinski definition) is 4. The maximum absolute atomic E-state index is 9.70. The smallest absolute Gasteiger partial charge is 0.108 e. The van der Waals surface area contributed by atoms with Gasteiger partial charge in [0.05, 0.1) is 18.6 Å². The van der Waals surface area contributed by atoms with Crippen molar-refractivity contribution in [3.05, 3.63) is 28.2 Å². The molecule has 15 heavy (non-hydrogen) atoms. The van der Waals surface area contributed by atoms with E-state index in [4.69, 9.17) is 11.0 Å². The summed E-state index contributed by atoms with van der Waals surface area (Å²) in [5.74, 6) is 0. The van der Waals surface area contributed by atoms with Gasteiger partial charge in [0, 0.05) is 15.7 Å². The lowest BCUT2D eigenvalue weighted by Crippen LogP contribution is -2.18. The highest BCUT2D eigenvalue weighted by atomic mass is 79.9.